The number of hydrogen-bond acceptors (Lipinski definition) is 3. The summed E-state index contributed by atoms with van der Waals surface area (Å²) in [7, 11) is 0. The standard InChI is InChI=1S/C13H17NO2/c1-9-2-3-11(10-4-5-14-8-10)13-12(9)15-6-7-16-13/h2-3,10,14H,4-8H2,1H3. The normalized spacial score (nSPS) is 23.4. The maximum Gasteiger partial charge on any atom is 0.165 e. The van der Waals surface area contributed by atoms with Gasteiger partial charge in [-0.15, -0.1) is 0 Å². The highest BCUT2D eigenvalue weighted by atomic mass is 16.6. The third kappa shape index (κ3) is 1.55. The lowest BCUT2D eigenvalue weighted by atomic mass is 9.95. The fraction of sp³-hybridized carbons (Fsp3) is 0.538. The highest BCUT2D eigenvalue weighted by Gasteiger charge is 2.25. The lowest BCUT2D eigenvalue weighted by molar-refractivity contribution is 0.168. The summed E-state index contributed by atoms with van der Waals surface area (Å²) in [6.07, 6.45) is 1.19. The predicted molar refractivity (Wildman–Crippen MR) is 62.4 cm³/mol. The Balaban J connectivity index is 2.04. The SMILES string of the molecule is Cc1ccc(C2CCNC2)c2c1OCCO2. The summed E-state index contributed by atoms with van der Waals surface area (Å²) in [5.74, 6) is 2.52. The Morgan fingerprint density at radius 2 is 2.00 bits per heavy atom. The zero-order valence-electron chi connectivity index (χ0n) is 9.58. The summed E-state index contributed by atoms with van der Waals surface area (Å²) in [6, 6.07) is 4.34. The first kappa shape index (κ1) is 9.97. The van der Waals surface area contributed by atoms with Gasteiger partial charge >= 0.3 is 0 Å². The van der Waals surface area contributed by atoms with E-state index in [1.54, 1.807) is 0 Å². The minimum Gasteiger partial charge on any atom is -0.486 e. The number of fused-ring (bicyclic) bond motifs is 1. The number of nitrogens with one attached hydrogen (secondary N) is 1. The zero-order chi connectivity index (χ0) is 11.0. The molecular weight excluding hydrogens is 202 g/mol. The number of aryl methyl sites for hydroxylation is 1. The largest absolute Gasteiger partial charge is 0.486 e. The highest BCUT2D eigenvalue weighted by Crippen LogP contribution is 2.41. The van der Waals surface area contributed by atoms with Gasteiger partial charge in [0.1, 0.15) is 13.2 Å². The van der Waals surface area contributed by atoms with Crippen LogP contribution in [0.2, 0.25) is 0 Å². The van der Waals surface area contributed by atoms with Gasteiger partial charge in [0, 0.05) is 18.0 Å². The third-order valence-electron chi connectivity index (χ3n) is 3.42. The van der Waals surface area contributed by atoms with E-state index in [-0.39, 0.29) is 0 Å². The summed E-state index contributed by atoms with van der Waals surface area (Å²) in [6.45, 7) is 5.57. The van der Waals surface area contributed by atoms with Gasteiger partial charge in [-0.1, -0.05) is 12.1 Å². The quantitative estimate of drug-likeness (QED) is 0.782. The molecule has 0 spiro atoms. The number of rotatable bonds is 1. The topological polar surface area (TPSA) is 30.5 Å². The molecule has 86 valence electrons. The molecule has 0 saturated carbocycles. The number of hydrogen-bond donors (Lipinski definition) is 1. The average Bonchev–Trinajstić information content (AvgIpc) is 2.83. The van der Waals surface area contributed by atoms with Crippen molar-refractivity contribution in [3.05, 3.63) is 23.3 Å². The molecule has 1 atom stereocenters. The van der Waals surface area contributed by atoms with Gasteiger partial charge in [-0.3, -0.25) is 0 Å². The van der Waals surface area contributed by atoms with E-state index in [0.717, 1.165) is 24.6 Å². The third-order valence-corrected chi connectivity index (χ3v) is 3.42. The van der Waals surface area contributed by atoms with Crippen LogP contribution in [-0.2, 0) is 0 Å². The van der Waals surface area contributed by atoms with Crippen molar-refractivity contribution < 1.29 is 9.47 Å². The first-order valence-electron chi connectivity index (χ1n) is 5.96. The highest BCUT2D eigenvalue weighted by molar-refractivity contribution is 5.53. The van der Waals surface area contributed by atoms with Crippen LogP contribution in [0.3, 0.4) is 0 Å². The molecule has 0 amide bonds. The molecule has 1 unspecified atom stereocenters. The van der Waals surface area contributed by atoms with Crippen molar-refractivity contribution in [2.75, 3.05) is 26.3 Å². The Labute approximate surface area is 95.8 Å². The molecule has 1 aromatic rings. The minimum absolute atomic E-state index is 0.580. The van der Waals surface area contributed by atoms with E-state index < -0.39 is 0 Å². The number of ether oxygens (including phenoxy) is 2. The molecule has 0 radical (unpaired) electrons. The predicted octanol–water partition coefficient (Wildman–Crippen LogP) is 1.84. The minimum atomic E-state index is 0.580. The number of benzene rings is 1. The van der Waals surface area contributed by atoms with Gasteiger partial charge in [0.2, 0.25) is 0 Å². The van der Waals surface area contributed by atoms with Gasteiger partial charge in [-0.2, -0.15) is 0 Å². The van der Waals surface area contributed by atoms with E-state index in [4.69, 9.17) is 9.47 Å². The Morgan fingerprint density at radius 1 is 1.19 bits per heavy atom. The van der Waals surface area contributed by atoms with E-state index in [2.05, 4.69) is 24.4 Å². The van der Waals surface area contributed by atoms with Crippen LogP contribution in [0.15, 0.2) is 12.1 Å². The molecule has 1 N–H and O–H groups in total. The van der Waals surface area contributed by atoms with Gasteiger partial charge in [0.05, 0.1) is 0 Å². The first-order valence-corrected chi connectivity index (χ1v) is 5.96. The molecule has 2 aliphatic rings. The monoisotopic (exact) mass is 219 g/mol. The molecule has 2 heterocycles. The molecule has 16 heavy (non-hydrogen) atoms. The van der Waals surface area contributed by atoms with E-state index >= 15 is 0 Å². The molecule has 1 aromatic carbocycles. The van der Waals surface area contributed by atoms with Crippen LogP contribution in [0.1, 0.15) is 23.5 Å². The van der Waals surface area contributed by atoms with Crippen LogP contribution in [0.5, 0.6) is 11.5 Å². The fourth-order valence-corrected chi connectivity index (χ4v) is 2.53. The molecule has 3 heteroatoms. The molecule has 3 nitrogen and oxygen atoms in total. The Bertz CT molecular complexity index is 397. The van der Waals surface area contributed by atoms with Gasteiger partial charge in [0.15, 0.2) is 11.5 Å². The van der Waals surface area contributed by atoms with Crippen molar-refractivity contribution >= 4 is 0 Å². The summed E-state index contributed by atoms with van der Waals surface area (Å²) >= 11 is 0. The van der Waals surface area contributed by atoms with Crippen molar-refractivity contribution in [2.24, 2.45) is 0 Å². The van der Waals surface area contributed by atoms with E-state index in [9.17, 15) is 0 Å². The summed E-state index contributed by atoms with van der Waals surface area (Å²) in [5, 5.41) is 3.40. The molecule has 0 aromatic heterocycles. The van der Waals surface area contributed by atoms with Crippen LogP contribution in [0.4, 0.5) is 0 Å². The fourth-order valence-electron chi connectivity index (χ4n) is 2.53. The van der Waals surface area contributed by atoms with E-state index in [1.165, 1.54) is 17.5 Å². The Kier molecular flexibility index (Phi) is 2.48. The lowest BCUT2D eigenvalue weighted by Crippen LogP contribution is -2.18. The summed E-state index contributed by atoms with van der Waals surface area (Å²) < 4.78 is 11.5. The summed E-state index contributed by atoms with van der Waals surface area (Å²) in [5.41, 5.74) is 2.48. The van der Waals surface area contributed by atoms with Crippen LogP contribution < -0.4 is 14.8 Å². The molecular formula is C13H17NO2. The Hall–Kier alpha value is -1.22. The molecule has 3 rings (SSSR count). The van der Waals surface area contributed by atoms with Gasteiger partial charge in [-0.25, -0.2) is 0 Å². The Morgan fingerprint density at radius 3 is 2.75 bits per heavy atom. The molecule has 1 saturated heterocycles. The average molecular weight is 219 g/mol. The molecule has 0 bridgehead atoms. The van der Waals surface area contributed by atoms with Crippen LogP contribution in [-0.4, -0.2) is 26.3 Å². The van der Waals surface area contributed by atoms with Crippen molar-refractivity contribution in [2.45, 2.75) is 19.3 Å². The van der Waals surface area contributed by atoms with Gasteiger partial charge < -0.3 is 14.8 Å². The lowest BCUT2D eigenvalue weighted by Gasteiger charge is -2.24. The smallest absolute Gasteiger partial charge is 0.165 e. The zero-order valence-corrected chi connectivity index (χ0v) is 9.58. The van der Waals surface area contributed by atoms with Gasteiger partial charge in [-0.05, 0) is 25.5 Å². The second kappa shape index (κ2) is 3.98. The summed E-state index contributed by atoms with van der Waals surface area (Å²) in [4.78, 5) is 0. The van der Waals surface area contributed by atoms with E-state index in [1.807, 2.05) is 0 Å². The van der Waals surface area contributed by atoms with Crippen LogP contribution in [0, 0.1) is 6.92 Å². The van der Waals surface area contributed by atoms with Crippen molar-refractivity contribution in [3.8, 4) is 11.5 Å². The maximum absolute atomic E-state index is 5.80. The maximum atomic E-state index is 5.80. The van der Waals surface area contributed by atoms with Crippen molar-refractivity contribution in [3.63, 3.8) is 0 Å². The molecule has 0 aliphatic carbocycles. The van der Waals surface area contributed by atoms with E-state index in [0.29, 0.717) is 19.1 Å². The first-order chi connectivity index (χ1) is 7.86. The van der Waals surface area contributed by atoms with Crippen molar-refractivity contribution in [1.29, 1.82) is 0 Å². The second-order valence-corrected chi connectivity index (χ2v) is 4.52. The van der Waals surface area contributed by atoms with Gasteiger partial charge in [0.25, 0.3) is 0 Å². The second-order valence-electron chi connectivity index (χ2n) is 4.52. The molecule has 2 aliphatic heterocycles. The van der Waals surface area contributed by atoms with Crippen molar-refractivity contribution in [1.82, 2.24) is 5.32 Å². The van der Waals surface area contributed by atoms with Crippen LogP contribution >= 0.6 is 0 Å². The molecule has 1 fully saturated rings. The van der Waals surface area contributed by atoms with Crippen LogP contribution in [0.25, 0.3) is 0 Å².